The highest BCUT2D eigenvalue weighted by Gasteiger charge is 2.39. The van der Waals surface area contributed by atoms with Gasteiger partial charge in [-0.05, 0) is 151 Å². The van der Waals surface area contributed by atoms with Gasteiger partial charge in [-0.2, -0.15) is 0 Å². The molecule has 4 aromatic carbocycles. The maximum atomic E-state index is 14.8. The molecule has 124 heavy (non-hydrogen) atoms. The molecule has 0 saturated heterocycles. The highest BCUT2D eigenvalue weighted by Crippen LogP contribution is 2.17. The number of aliphatic carboxylic acids is 3. The van der Waals surface area contributed by atoms with E-state index in [4.69, 9.17) is 22.9 Å². The van der Waals surface area contributed by atoms with Crippen molar-refractivity contribution >= 4 is 107 Å². The van der Waals surface area contributed by atoms with Crippen LogP contribution < -0.4 is 97.4 Å². The number of carbonyl (C=O) groups excluding carboxylic acids is 15. The first kappa shape index (κ1) is 103. The van der Waals surface area contributed by atoms with Crippen LogP contribution in [0.25, 0.3) is 0 Å². The lowest BCUT2D eigenvalue weighted by Gasteiger charge is -2.29. The van der Waals surface area contributed by atoms with Gasteiger partial charge in [0.1, 0.15) is 90.3 Å². The molecule has 26 N–H and O–H groups in total. The van der Waals surface area contributed by atoms with Crippen molar-refractivity contribution in [2.75, 3.05) is 19.6 Å². The van der Waals surface area contributed by atoms with E-state index in [0.717, 1.165) is 0 Å². The number of carbonyl (C=O) groups is 18. The molecule has 15 amide bonds. The molecule has 4 rings (SSSR count). The number of aromatic hydroxyl groups is 1. The van der Waals surface area contributed by atoms with Crippen LogP contribution in [0.5, 0.6) is 5.75 Å². The standard InChI is InChI=1S/C84H120N18O22/c1-47(2)70(102-79(119)59(30-18-21-41-87)95-83(123)66(46-69(109)110)101-82(122)65(45-55-31-33-56(104)34-32-55)100-81(121)63(43-53-24-12-8-13-25-53)98-72(112)48(3)89-51(6)103)84(124)91-50(5)73(113)92-61(36-38-68(107)108)78(118)93-58(29-17-20-40-86)77(117)99-64(44-54-26-14-9-15-27-54)80(120)94-57(28-16-19-39-85)76(116)96-60(35-37-67(105)106)75(115)90-49(4)74(114)97-62(71(88)111)42-52-22-10-7-11-23-52/h7-15,22-27,31-34,47-50,57-66,70,104H,16-21,28-30,35-46,85-87H2,1-6H3,(H2,88,111)(H,89,103)(H,90,115)(H,91,124)(H,92,113)(H,93,118)(H,94,120)(H,95,123)(H,96,116)(H,97,114)(H,98,112)(H,99,117)(H,100,121)(H,101,122)(H,102,119)(H,105,106)(H,107,108)(H,109,110). The molecule has 0 fully saturated rings. The zero-order chi connectivity index (χ0) is 92.1. The number of nitrogens with one attached hydrogen (secondary N) is 14. The number of nitrogens with two attached hydrogens (primary N) is 4. The fourth-order valence-electron chi connectivity index (χ4n) is 12.7. The summed E-state index contributed by atoms with van der Waals surface area (Å²) in [5.74, 6) is -19.8. The first-order valence-corrected chi connectivity index (χ1v) is 41.0. The predicted molar refractivity (Wildman–Crippen MR) is 451 cm³/mol. The van der Waals surface area contributed by atoms with Crippen LogP contribution in [0.4, 0.5) is 0 Å². The van der Waals surface area contributed by atoms with Crippen molar-refractivity contribution in [3.8, 4) is 5.75 Å². The molecule has 0 aliphatic heterocycles. The summed E-state index contributed by atoms with van der Waals surface area (Å²) in [4.78, 5) is 246. The number of phenols is 1. The number of unbranched alkanes of at least 4 members (excludes halogenated alkanes) is 3. The van der Waals surface area contributed by atoms with Crippen molar-refractivity contribution in [2.45, 2.75) is 242 Å². The van der Waals surface area contributed by atoms with Crippen molar-refractivity contribution in [3.63, 3.8) is 0 Å². The normalized spacial score (nSPS) is 14.4. The average Bonchev–Trinajstić information content (AvgIpc) is 0.853. The van der Waals surface area contributed by atoms with Crippen LogP contribution >= 0.6 is 0 Å². The molecule has 0 bridgehead atoms. The molecule has 0 heterocycles. The van der Waals surface area contributed by atoms with Gasteiger partial charge in [0.15, 0.2) is 0 Å². The van der Waals surface area contributed by atoms with E-state index in [-0.39, 0.29) is 96.0 Å². The second-order valence-corrected chi connectivity index (χ2v) is 30.4. The molecular formula is C84H120N18O22. The molecule has 678 valence electrons. The van der Waals surface area contributed by atoms with Crippen molar-refractivity contribution in [3.05, 3.63) is 138 Å². The Hall–Kier alpha value is -13.0. The zero-order valence-corrected chi connectivity index (χ0v) is 70.4. The van der Waals surface area contributed by atoms with E-state index in [1.54, 1.807) is 91.0 Å². The molecule has 0 aliphatic carbocycles. The first-order valence-electron chi connectivity index (χ1n) is 41.0. The summed E-state index contributed by atoms with van der Waals surface area (Å²) in [7, 11) is 0. The summed E-state index contributed by atoms with van der Waals surface area (Å²) in [6, 6.07) is 9.23. The summed E-state index contributed by atoms with van der Waals surface area (Å²) >= 11 is 0. The summed E-state index contributed by atoms with van der Waals surface area (Å²) < 4.78 is 0. The van der Waals surface area contributed by atoms with Crippen LogP contribution in [0.2, 0.25) is 0 Å². The zero-order valence-electron chi connectivity index (χ0n) is 70.4. The smallest absolute Gasteiger partial charge is 0.305 e. The molecule has 0 saturated carbocycles. The molecule has 14 unspecified atom stereocenters. The van der Waals surface area contributed by atoms with Crippen LogP contribution in [0.3, 0.4) is 0 Å². The highest BCUT2D eigenvalue weighted by atomic mass is 16.4. The number of benzene rings is 4. The van der Waals surface area contributed by atoms with Crippen molar-refractivity contribution in [1.82, 2.24) is 74.4 Å². The van der Waals surface area contributed by atoms with Crippen LogP contribution in [0.15, 0.2) is 115 Å². The molecule has 14 atom stereocenters. The number of rotatable bonds is 57. The van der Waals surface area contributed by atoms with E-state index in [2.05, 4.69) is 74.4 Å². The van der Waals surface area contributed by atoms with Crippen molar-refractivity contribution in [1.29, 1.82) is 0 Å². The Bertz CT molecular complexity index is 4240. The van der Waals surface area contributed by atoms with Gasteiger partial charge in [0, 0.05) is 45.4 Å². The predicted octanol–water partition coefficient (Wildman–Crippen LogP) is -2.74. The van der Waals surface area contributed by atoms with Gasteiger partial charge in [0.25, 0.3) is 0 Å². The molecule has 0 aliphatic rings. The second-order valence-electron chi connectivity index (χ2n) is 30.4. The quantitative estimate of drug-likeness (QED) is 0.0199. The monoisotopic (exact) mass is 1730 g/mol. The SMILES string of the molecule is CC(=O)NC(C)C(=O)NC(Cc1ccccc1)C(=O)NC(Cc1ccc(O)cc1)C(=O)NC(CC(=O)O)C(=O)NC(CCCCN)C(=O)NC(C(=O)NC(C)C(=O)NC(CCC(=O)O)C(=O)NC(CCCCN)C(=O)NC(Cc1ccccc1)C(=O)NC(CCCCN)C(=O)NC(CCC(=O)O)C(=O)NC(C)C(=O)NC(Cc1ccccc1)C(N)=O)C(C)C. The van der Waals surface area contributed by atoms with E-state index in [1.807, 2.05) is 0 Å². The minimum absolute atomic E-state index is 0.00578. The summed E-state index contributed by atoms with van der Waals surface area (Å²) in [6.07, 6.45) is -3.37. The summed E-state index contributed by atoms with van der Waals surface area (Å²) in [5.41, 5.74) is 25.1. The summed E-state index contributed by atoms with van der Waals surface area (Å²) in [5, 5.41) is 74.9. The third kappa shape index (κ3) is 38.4. The van der Waals surface area contributed by atoms with E-state index in [0.29, 0.717) is 35.1 Å². The largest absolute Gasteiger partial charge is 0.508 e. The lowest BCUT2D eigenvalue weighted by Crippen LogP contribution is -2.61. The Labute approximate surface area is 718 Å². The van der Waals surface area contributed by atoms with Gasteiger partial charge in [0.2, 0.25) is 88.6 Å². The van der Waals surface area contributed by atoms with Crippen molar-refractivity contribution < 1.29 is 107 Å². The maximum Gasteiger partial charge on any atom is 0.305 e. The lowest BCUT2D eigenvalue weighted by molar-refractivity contribution is -0.142. The minimum atomic E-state index is -1.97. The van der Waals surface area contributed by atoms with E-state index >= 15 is 0 Å². The number of hydrogen-bond acceptors (Lipinski definition) is 22. The van der Waals surface area contributed by atoms with Crippen LogP contribution in [-0.4, -0.2) is 231 Å². The number of carboxylic acid groups (broad SMARTS) is 3. The van der Waals surface area contributed by atoms with Crippen LogP contribution in [-0.2, 0) is 112 Å². The van der Waals surface area contributed by atoms with Gasteiger partial charge in [-0.15, -0.1) is 0 Å². The molecule has 40 nitrogen and oxygen atoms in total. The lowest BCUT2D eigenvalue weighted by atomic mass is 10.0. The molecular weight excluding hydrogens is 1610 g/mol. The Morgan fingerprint density at radius 2 is 0.556 bits per heavy atom. The molecule has 0 aromatic heterocycles. The van der Waals surface area contributed by atoms with Gasteiger partial charge >= 0.3 is 17.9 Å². The topological polar surface area (TPSA) is 661 Å². The third-order valence-corrected chi connectivity index (χ3v) is 19.7. The minimum Gasteiger partial charge on any atom is -0.508 e. The molecule has 4 aromatic rings. The molecule has 0 spiro atoms. The Morgan fingerprint density at radius 3 is 0.887 bits per heavy atom. The first-order chi connectivity index (χ1) is 58.8. The van der Waals surface area contributed by atoms with Gasteiger partial charge in [-0.1, -0.05) is 117 Å². The van der Waals surface area contributed by atoms with E-state index in [9.17, 15) is 107 Å². The fraction of sp³-hybridized carbons (Fsp3) is 0.500. The van der Waals surface area contributed by atoms with Crippen LogP contribution in [0, 0.1) is 5.92 Å². The molecule has 0 radical (unpaired) electrons. The molecule has 40 heteroatoms. The Morgan fingerprint density at radius 1 is 0.290 bits per heavy atom. The number of phenolic OH excluding ortho intramolecular Hbond substituents is 1. The van der Waals surface area contributed by atoms with Crippen molar-refractivity contribution in [2.24, 2.45) is 28.9 Å². The maximum absolute atomic E-state index is 14.8. The van der Waals surface area contributed by atoms with E-state index < -0.39 is 229 Å². The Kier molecular flexibility index (Phi) is 45.4. The average molecular weight is 1730 g/mol. The summed E-state index contributed by atoms with van der Waals surface area (Å²) in [6.45, 7) is 8.42. The second kappa shape index (κ2) is 54.4. The number of primary amides is 1. The van der Waals surface area contributed by atoms with Gasteiger partial charge in [-0.25, -0.2) is 0 Å². The van der Waals surface area contributed by atoms with Gasteiger partial charge < -0.3 is 118 Å². The number of amides is 15. The highest BCUT2D eigenvalue weighted by molar-refractivity contribution is 6.01. The van der Waals surface area contributed by atoms with Crippen LogP contribution in [0.1, 0.15) is 154 Å². The fourth-order valence-corrected chi connectivity index (χ4v) is 12.7. The van der Waals surface area contributed by atoms with E-state index in [1.165, 1.54) is 65.8 Å². The third-order valence-electron chi connectivity index (χ3n) is 19.7. The van der Waals surface area contributed by atoms with Gasteiger partial charge in [-0.3, -0.25) is 86.3 Å². The number of carboxylic acids is 3. The number of hydrogen-bond donors (Lipinski definition) is 22. The van der Waals surface area contributed by atoms with Gasteiger partial charge in [0.05, 0.1) is 6.42 Å². The Balaban J connectivity index is 1.58.